The number of hydrogen-bond acceptors (Lipinski definition) is 1. The fraction of sp³-hybridized carbons (Fsp3) is 0.250. The maximum Gasteiger partial charge on any atom is 0.200 e. The van der Waals surface area contributed by atoms with Gasteiger partial charge in [0.05, 0.1) is 5.69 Å². The zero-order valence-electron chi connectivity index (χ0n) is 9.06. The standard InChI is InChI=1S/C12H13ClN2/c1-7-4-5-8(2)10(6-7)11-9(3)14-12(13)15-11/h4-6H,1-3H3,(H,14,15). The topological polar surface area (TPSA) is 28.7 Å². The highest BCUT2D eigenvalue weighted by atomic mass is 35.5. The Bertz CT molecular complexity index is 500. The summed E-state index contributed by atoms with van der Waals surface area (Å²) >= 11 is 5.84. The van der Waals surface area contributed by atoms with Crippen LogP contribution in [0.4, 0.5) is 0 Å². The Morgan fingerprint density at radius 1 is 1.20 bits per heavy atom. The number of aromatic amines is 1. The highest BCUT2D eigenvalue weighted by Crippen LogP contribution is 2.26. The molecule has 0 saturated heterocycles. The summed E-state index contributed by atoms with van der Waals surface area (Å²) in [6, 6.07) is 6.34. The molecule has 0 unspecified atom stereocenters. The fourth-order valence-corrected chi connectivity index (χ4v) is 1.90. The van der Waals surface area contributed by atoms with Crippen LogP contribution in [0, 0.1) is 20.8 Å². The number of aryl methyl sites for hydroxylation is 3. The van der Waals surface area contributed by atoms with E-state index in [2.05, 4.69) is 42.0 Å². The van der Waals surface area contributed by atoms with Gasteiger partial charge in [-0.15, -0.1) is 0 Å². The zero-order chi connectivity index (χ0) is 11.0. The Kier molecular flexibility index (Phi) is 2.53. The zero-order valence-corrected chi connectivity index (χ0v) is 9.81. The number of H-pyrrole nitrogens is 1. The van der Waals surface area contributed by atoms with Gasteiger partial charge >= 0.3 is 0 Å². The Labute approximate surface area is 94.3 Å². The highest BCUT2D eigenvalue weighted by molar-refractivity contribution is 6.28. The van der Waals surface area contributed by atoms with Gasteiger partial charge in [0.1, 0.15) is 0 Å². The Morgan fingerprint density at radius 3 is 2.53 bits per heavy atom. The lowest BCUT2D eigenvalue weighted by atomic mass is 10.0. The summed E-state index contributed by atoms with van der Waals surface area (Å²) in [4.78, 5) is 7.30. The van der Waals surface area contributed by atoms with Gasteiger partial charge in [0.15, 0.2) is 0 Å². The second-order valence-electron chi connectivity index (χ2n) is 3.82. The van der Waals surface area contributed by atoms with Gasteiger partial charge in [-0.3, -0.25) is 0 Å². The minimum absolute atomic E-state index is 0.448. The molecule has 0 spiro atoms. The van der Waals surface area contributed by atoms with Gasteiger partial charge in [-0.2, -0.15) is 0 Å². The number of benzene rings is 1. The number of imidazole rings is 1. The van der Waals surface area contributed by atoms with Crippen molar-refractivity contribution in [2.24, 2.45) is 0 Å². The molecule has 0 radical (unpaired) electrons. The molecular weight excluding hydrogens is 208 g/mol. The monoisotopic (exact) mass is 220 g/mol. The summed E-state index contributed by atoms with van der Waals surface area (Å²) in [6.07, 6.45) is 0. The van der Waals surface area contributed by atoms with Crippen LogP contribution in [0.2, 0.25) is 5.28 Å². The van der Waals surface area contributed by atoms with E-state index in [1.165, 1.54) is 11.1 Å². The molecule has 0 amide bonds. The quantitative estimate of drug-likeness (QED) is 0.781. The summed E-state index contributed by atoms with van der Waals surface area (Å²) in [5, 5.41) is 0.448. The maximum atomic E-state index is 5.84. The van der Waals surface area contributed by atoms with Crippen LogP contribution in [0.5, 0.6) is 0 Å². The minimum Gasteiger partial charge on any atom is -0.332 e. The van der Waals surface area contributed by atoms with E-state index in [4.69, 9.17) is 11.6 Å². The molecule has 1 aromatic carbocycles. The molecule has 2 aromatic rings. The third-order valence-corrected chi connectivity index (χ3v) is 2.68. The van der Waals surface area contributed by atoms with Crippen molar-refractivity contribution in [3.05, 3.63) is 40.3 Å². The first-order chi connectivity index (χ1) is 7.08. The van der Waals surface area contributed by atoms with E-state index in [0.29, 0.717) is 5.28 Å². The van der Waals surface area contributed by atoms with Gasteiger partial charge in [0, 0.05) is 11.3 Å². The molecular formula is C12H13ClN2. The summed E-state index contributed by atoms with van der Waals surface area (Å²) in [6.45, 7) is 6.14. The van der Waals surface area contributed by atoms with E-state index in [-0.39, 0.29) is 0 Å². The third-order valence-electron chi connectivity index (χ3n) is 2.50. The molecule has 15 heavy (non-hydrogen) atoms. The van der Waals surface area contributed by atoms with E-state index in [1.807, 2.05) is 6.92 Å². The second-order valence-corrected chi connectivity index (χ2v) is 4.18. The van der Waals surface area contributed by atoms with Gasteiger partial charge < -0.3 is 4.98 Å². The smallest absolute Gasteiger partial charge is 0.200 e. The molecule has 0 aliphatic rings. The lowest BCUT2D eigenvalue weighted by molar-refractivity contribution is 1.25. The first-order valence-corrected chi connectivity index (χ1v) is 5.25. The molecule has 0 bridgehead atoms. The largest absolute Gasteiger partial charge is 0.332 e. The summed E-state index contributed by atoms with van der Waals surface area (Å²) in [5.74, 6) is 0. The first kappa shape index (κ1) is 10.2. The van der Waals surface area contributed by atoms with Crippen molar-refractivity contribution in [2.45, 2.75) is 20.8 Å². The Morgan fingerprint density at radius 2 is 1.93 bits per heavy atom. The number of nitrogens with zero attached hydrogens (tertiary/aromatic N) is 1. The molecule has 2 nitrogen and oxygen atoms in total. The number of halogens is 1. The van der Waals surface area contributed by atoms with Crippen molar-refractivity contribution in [3.8, 4) is 11.3 Å². The summed E-state index contributed by atoms with van der Waals surface area (Å²) in [5.41, 5.74) is 5.55. The van der Waals surface area contributed by atoms with Crippen molar-refractivity contribution < 1.29 is 0 Å². The molecule has 3 heteroatoms. The Balaban J connectivity index is 2.62. The van der Waals surface area contributed by atoms with Crippen molar-refractivity contribution in [1.29, 1.82) is 0 Å². The average Bonchev–Trinajstić information content (AvgIpc) is 2.50. The van der Waals surface area contributed by atoms with Gasteiger partial charge in [-0.1, -0.05) is 17.7 Å². The predicted molar refractivity (Wildman–Crippen MR) is 63.2 cm³/mol. The molecule has 2 rings (SSSR count). The van der Waals surface area contributed by atoms with Crippen molar-refractivity contribution in [3.63, 3.8) is 0 Å². The van der Waals surface area contributed by atoms with E-state index in [9.17, 15) is 0 Å². The molecule has 0 fully saturated rings. The highest BCUT2D eigenvalue weighted by Gasteiger charge is 2.09. The van der Waals surface area contributed by atoms with Crippen LogP contribution in [0.1, 0.15) is 16.8 Å². The molecule has 78 valence electrons. The molecule has 0 atom stereocenters. The van der Waals surface area contributed by atoms with E-state index in [0.717, 1.165) is 17.0 Å². The first-order valence-electron chi connectivity index (χ1n) is 4.87. The van der Waals surface area contributed by atoms with Crippen molar-refractivity contribution in [2.75, 3.05) is 0 Å². The van der Waals surface area contributed by atoms with Crippen LogP contribution < -0.4 is 0 Å². The molecule has 0 saturated carbocycles. The van der Waals surface area contributed by atoms with E-state index < -0.39 is 0 Å². The molecule has 0 aliphatic carbocycles. The van der Waals surface area contributed by atoms with Crippen LogP contribution in [0.3, 0.4) is 0 Å². The number of nitrogens with one attached hydrogen (secondary N) is 1. The lowest BCUT2D eigenvalue weighted by Crippen LogP contribution is -1.87. The fourth-order valence-electron chi connectivity index (χ4n) is 1.68. The van der Waals surface area contributed by atoms with Crippen molar-refractivity contribution >= 4 is 11.6 Å². The molecule has 1 aromatic heterocycles. The van der Waals surface area contributed by atoms with E-state index >= 15 is 0 Å². The number of aromatic nitrogens is 2. The third kappa shape index (κ3) is 1.90. The summed E-state index contributed by atoms with van der Waals surface area (Å²) in [7, 11) is 0. The number of rotatable bonds is 1. The van der Waals surface area contributed by atoms with Crippen molar-refractivity contribution in [1.82, 2.24) is 9.97 Å². The van der Waals surface area contributed by atoms with Crippen LogP contribution in [-0.2, 0) is 0 Å². The van der Waals surface area contributed by atoms with Gasteiger partial charge in [-0.25, -0.2) is 4.98 Å². The second kappa shape index (κ2) is 3.70. The Hall–Kier alpha value is -1.28. The average molecular weight is 221 g/mol. The van der Waals surface area contributed by atoms with Gasteiger partial charge in [-0.05, 0) is 44.0 Å². The summed E-state index contributed by atoms with van der Waals surface area (Å²) < 4.78 is 0. The predicted octanol–water partition coefficient (Wildman–Crippen LogP) is 3.66. The lowest BCUT2D eigenvalue weighted by Gasteiger charge is -2.04. The van der Waals surface area contributed by atoms with Crippen LogP contribution in [-0.4, -0.2) is 9.97 Å². The minimum atomic E-state index is 0.448. The molecule has 1 heterocycles. The van der Waals surface area contributed by atoms with Crippen LogP contribution in [0.25, 0.3) is 11.3 Å². The number of hydrogen-bond donors (Lipinski definition) is 1. The maximum absolute atomic E-state index is 5.84. The molecule has 1 N–H and O–H groups in total. The molecule has 0 aliphatic heterocycles. The van der Waals surface area contributed by atoms with Crippen LogP contribution in [0.15, 0.2) is 18.2 Å². The van der Waals surface area contributed by atoms with Gasteiger partial charge in [0.25, 0.3) is 0 Å². The normalized spacial score (nSPS) is 10.7. The van der Waals surface area contributed by atoms with Crippen LogP contribution >= 0.6 is 11.6 Å². The SMILES string of the molecule is Cc1ccc(C)c(-c2nc(Cl)[nH]c2C)c1. The van der Waals surface area contributed by atoms with E-state index in [1.54, 1.807) is 0 Å². The van der Waals surface area contributed by atoms with Gasteiger partial charge in [0.2, 0.25) is 5.28 Å².